The first kappa shape index (κ1) is 13.6. The summed E-state index contributed by atoms with van der Waals surface area (Å²) < 4.78 is 0. The molecule has 5 heteroatoms. The van der Waals surface area contributed by atoms with Gasteiger partial charge in [-0.05, 0) is 18.7 Å². The predicted molar refractivity (Wildman–Crippen MR) is 81.1 cm³/mol. The predicted octanol–water partition coefficient (Wildman–Crippen LogP) is 3.79. The van der Waals surface area contributed by atoms with Gasteiger partial charge in [0.05, 0.1) is 16.1 Å². The molecule has 0 N–H and O–H groups in total. The van der Waals surface area contributed by atoms with Crippen LogP contribution in [-0.2, 0) is 13.0 Å². The molecule has 1 aliphatic rings. The number of benzene rings is 1. The number of aromatic nitrogens is 1. The van der Waals surface area contributed by atoms with Gasteiger partial charge in [-0.3, -0.25) is 9.88 Å². The maximum absolute atomic E-state index is 9.56. The van der Waals surface area contributed by atoms with Gasteiger partial charge in [0.1, 0.15) is 6.07 Å². The van der Waals surface area contributed by atoms with Crippen molar-refractivity contribution in [3.8, 4) is 6.07 Å². The molecule has 0 unspecified atom stereocenters. The standard InChI is InChI=1S/C15H13Cl2N3/c1-2-20-4-3-13-11(8-20)10(7-18)15-12(17)5-9(16)6-14(15)19-13/h5-6H,2-4,8H2,1H3. The Morgan fingerprint density at radius 1 is 1.40 bits per heavy atom. The Bertz CT molecular complexity index is 734. The summed E-state index contributed by atoms with van der Waals surface area (Å²) in [6, 6.07) is 5.75. The van der Waals surface area contributed by atoms with E-state index in [4.69, 9.17) is 23.2 Å². The molecule has 0 aliphatic carbocycles. The zero-order valence-electron chi connectivity index (χ0n) is 11.1. The van der Waals surface area contributed by atoms with Crippen LogP contribution >= 0.6 is 23.2 Å². The Balaban J connectivity index is 2.32. The van der Waals surface area contributed by atoms with Crippen molar-refractivity contribution in [2.75, 3.05) is 13.1 Å². The van der Waals surface area contributed by atoms with Crippen molar-refractivity contribution >= 4 is 34.1 Å². The highest BCUT2D eigenvalue weighted by atomic mass is 35.5. The van der Waals surface area contributed by atoms with E-state index >= 15 is 0 Å². The van der Waals surface area contributed by atoms with E-state index in [-0.39, 0.29) is 0 Å². The van der Waals surface area contributed by atoms with Crippen molar-refractivity contribution in [2.45, 2.75) is 19.9 Å². The second kappa shape index (κ2) is 5.21. The fraction of sp³-hybridized carbons (Fsp3) is 0.333. The quantitative estimate of drug-likeness (QED) is 0.804. The molecule has 0 spiro atoms. The molecule has 3 rings (SSSR count). The average molecular weight is 306 g/mol. The molecule has 0 amide bonds. The van der Waals surface area contributed by atoms with Crippen molar-refractivity contribution in [3.05, 3.63) is 39.0 Å². The number of halogens is 2. The van der Waals surface area contributed by atoms with Crippen LogP contribution in [0.25, 0.3) is 10.9 Å². The van der Waals surface area contributed by atoms with Gasteiger partial charge in [0, 0.05) is 41.2 Å². The lowest BCUT2D eigenvalue weighted by Gasteiger charge is -2.28. The molecule has 20 heavy (non-hydrogen) atoms. The summed E-state index contributed by atoms with van der Waals surface area (Å²) in [6.07, 6.45) is 0.859. The number of fused-ring (bicyclic) bond motifs is 2. The summed E-state index contributed by atoms with van der Waals surface area (Å²) in [5.74, 6) is 0. The first-order valence-corrected chi connectivity index (χ1v) is 7.32. The summed E-state index contributed by atoms with van der Waals surface area (Å²) in [4.78, 5) is 6.97. The maximum atomic E-state index is 9.56. The van der Waals surface area contributed by atoms with Crippen LogP contribution in [0.15, 0.2) is 12.1 Å². The molecule has 0 atom stereocenters. The number of likely N-dealkylation sites (N-methyl/N-ethyl adjacent to an activating group) is 1. The van der Waals surface area contributed by atoms with Gasteiger partial charge in [0.2, 0.25) is 0 Å². The molecule has 0 fully saturated rings. The van der Waals surface area contributed by atoms with Gasteiger partial charge in [0.15, 0.2) is 0 Å². The molecule has 3 nitrogen and oxygen atoms in total. The zero-order valence-corrected chi connectivity index (χ0v) is 12.6. The molecule has 102 valence electrons. The molecule has 2 heterocycles. The zero-order chi connectivity index (χ0) is 14.3. The summed E-state index contributed by atoms with van der Waals surface area (Å²) in [5, 5.41) is 11.3. The van der Waals surface area contributed by atoms with Gasteiger partial charge in [-0.1, -0.05) is 30.1 Å². The molecular weight excluding hydrogens is 293 g/mol. The molecule has 0 radical (unpaired) electrons. The van der Waals surface area contributed by atoms with Crippen LogP contribution in [0.1, 0.15) is 23.7 Å². The third-order valence-electron chi connectivity index (χ3n) is 3.80. The van der Waals surface area contributed by atoms with E-state index in [1.807, 2.05) is 0 Å². The first-order chi connectivity index (χ1) is 9.63. The molecule has 0 saturated carbocycles. The third-order valence-corrected chi connectivity index (χ3v) is 4.31. The van der Waals surface area contributed by atoms with Crippen LogP contribution in [-0.4, -0.2) is 23.0 Å². The topological polar surface area (TPSA) is 39.9 Å². The van der Waals surface area contributed by atoms with Crippen LogP contribution < -0.4 is 0 Å². The second-order valence-corrected chi connectivity index (χ2v) is 5.77. The lowest BCUT2D eigenvalue weighted by Crippen LogP contribution is -2.31. The van der Waals surface area contributed by atoms with Gasteiger partial charge >= 0.3 is 0 Å². The van der Waals surface area contributed by atoms with Gasteiger partial charge < -0.3 is 0 Å². The van der Waals surface area contributed by atoms with E-state index < -0.39 is 0 Å². The van der Waals surface area contributed by atoms with Crippen molar-refractivity contribution in [1.82, 2.24) is 9.88 Å². The Labute approximate surface area is 127 Å². The van der Waals surface area contributed by atoms with E-state index in [9.17, 15) is 5.26 Å². The molecule has 0 bridgehead atoms. The van der Waals surface area contributed by atoms with Gasteiger partial charge in [0.25, 0.3) is 0 Å². The van der Waals surface area contributed by atoms with Crippen LogP contribution in [0.4, 0.5) is 0 Å². The lowest BCUT2D eigenvalue weighted by molar-refractivity contribution is 0.266. The van der Waals surface area contributed by atoms with Gasteiger partial charge in [-0.25, -0.2) is 0 Å². The highest BCUT2D eigenvalue weighted by Gasteiger charge is 2.23. The Morgan fingerprint density at radius 3 is 2.90 bits per heavy atom. The average Bonchev–Trinajstić information content (AvgIpc) is 2.44. The van der Waals surface area contributed by atoms with Crippen LogP contribution in [0.3, 0.4) is 0 Å². The second-order valence-electron chi connectivity index (χ2n) is 4.92. The fourth-order valence-electron chi connectivity index (χ4n) is 2.74. The number of rotatable bonds is 1. The Hall–Kier alpha value is -1.34. The maximum Gasteiger partial charge on any atom is 0.100 e. The third kappa shape index (κ3) is 2.14. The Kier molecular flexibility index (Phi) is 3.55. The number of nitrogens with zero attached hydrogens (tertiary/aromatic N) is 3. The summed E-state index contributed by atoms with van der Waals surface area (Å²) >= 11 is 12.3. The minimum Gasteiger partial charge on any atom is -0.299 e. The van der Waals surface area contributed by atoms with Crippen LogP contribution in [0.2, 0.25) is 10.0 Å². The minimum atomic E-state index is 0.493. The lowest BCUT2D eigenvalue weighted by atomic mass is 9.96. The molecule has 1 aromatic carbocycles. The normalized spacial score (nSPS) is 15.1. The van der Waals surface area contributed by atoms with Crippen LogP contribution in [0, 0.1) is 11.3 Å². The van der Waals surface area contributed by atoms with Crippen LogP contribution in [0.5, 0.6) is 0 Å². The summed E-state index contributed by atoms with van der Waals surface area (Å²) in [6.45, 7) is 4.83. The molecular formula is C15H13Cl2N3. The molecule has 1 aliphatic heterocycles. The van der Waals surface area contributed by atoms with Crippen molar-refractivity contribution in [3.63, 3.8) is 0 Å². The Morgan fingerprint density at radius 2 is 2.20 bits per heavy atom. The highest BCUT2D eigenvalue weighted by molar-refractivity contribution is 6.38. The number of hydrogen-bond donors (Lipinski definition) is 0. The van der Waals surface area contributed by atoms with Crippen molar-refractivity contribution in [1.29, 1.82) is 5.26 Å². The molecule has 1 aromatic heterocycles. The van der Waals surface area contributed by atoms with E-state index in [0.717, 1.165) is 42.7 Å². The smallest absolute Gasteiger partial charge is 0.100 e. The largest absolute Gasteiger partial charge is 0.299 e. The van der Waals surface area contributed by atoms with Crippen molar-refractivity contribution < 1.29 is 0 Å². The molecule has 2 aromatic rings. The minimum absolute atomic E-state index is 0.493. The van der Waals surface area contributed by atoms with Gasteiger partial charge in [-0.15, -0.1) is 0 Å². The highest BCUT2D eigenvalue weighted by Crippen LogP contribution is 2.34. The van der Waals surface area contributed by atoms with E-state index in [1.54, 1.807) is 12.1 Å². The molecule has 0 saturated heterocycles. The number of hydrogen-bond acceptors (Lipinski definition) is 3. The fourth-order valence-corrected chi connectivity index (χ4v) is 3.32. The summed E-state index contributed by atoms with van der Waals surface area (Å²) in [5.41, 5.74) is 3.36. The van der Waals surface area contributed by atoms with E-state index in [2.05, 4.69) is 22.9 Å². The summed E-state index contributed by atoms with van der Waals surface area (Å²) in [7, 11) is 0. The number of nitriles is 1. The van der Waals surface area contributed by atoms with Gasteiger partial charge in [-0.2, -0.15) is 5.26 Å². The van der Waals surface area contributed by atoms with E-state index in [1.165, 1.54) is 0 Å². The number of pyridine rings is 1. The first-order valence-electron chi connectivity index (χ1n) is 6.57. The van der Waals surface area contributed by atoms with E-state index in [0.29, 0.717) is 21.1 Å². The monoisotopic (exact) mass is 305 g/mol. The SMILES string of the molecule is CCN1CCc2nc3cc(Cl)cc(Cl)c3c(C#N)c2C1. The van der Waals surface area contributed by atoms with Crippen molar-refractivity contribution in [2.24, 2.45) is 0 Å².